The fourth-order valence-electron chi connectivity index (χ4n) is 16.0. The van der Waals surface area contributed by atoms with Crippen LogP contribution < -0.4 is 16.0 Å². The molecule has 1 aromatic rings. The number of hydrogen-bond donors (Lipinski definition) is 3. The molecule has 3 N–H and O–H groups in total. The highest BCUT2D eigenvalue weighted by Crippen LogP contribution is 2.38. The number of alkyl halides is 3. The lowest BCUT2D eigenvalue weighted by Gasteiger charge is -2.42. The Balaban J connectivity index is 1.27. The summed E-state index contributed by atoms with van der Waals surface area (Å²) < 4.78 is 41.6. The summed E-state index contributed by atoms with van der Waals surface area (Å²) in [7, 11) is 9.98. The first-order chi connectivity index (χ1) is 47.6. The van der Waals surface area contributed by atoms with E-state index in [1.54, 1.807) is 18.7 Å². The first-order valence-electron chi connectivity index (χ1n) is 36.8. The number of nitrogens with zero attached hydrogens (tertiary/aromatic N) is 9. The van der Waals surface area contributed by atoms with Crippen molar-refractivity contribution in [1.82, 2.24) is 60.0 Å². The normalized spacial score (nSPS) is 26.5. The van der Waals surface area contributed by atoms with Gasteiger partial charge < -0.3 is 60.0 Å². The number of amides is 12. The Morgan fingerprint density at radius 2 is 1.15 bits per heavy atom. The zero-order valence-electron chi connectivity index (χ0n) is 61.4. The lowest BCUT2D eigenvalue weighted by Crippen LogP contribution is -2.65. The van der Waals surface area contributed by atoms with E-state index < -0.39 is 167 Å². The standard InChI is InChI=1S/C73H112ClF3N12O12/c1-46(2)38-56-64(94)79-54(40-48-24-15-12-16-25-48)66(96)83(7)44-61(92)81(5)45-62(93)85(9)57(41-49-26-17-13-18-27-49)68(98)82(6)43-59(90)78-53(32-30-50-29-31-51(52(74)39-50)73(75,76)77)67(97)89-37-23-28-55(89)65(95)80-72(33-19-20-34-72)71(101)87(11)63(47(3)4)70(100)86(10)58(42-60(91)84(56)8)69(99)88-35-21-14-22-36-88/h29,31,39,46-49,53-58,63H,12-28,30,32-38,40-45H2,1-11H3,(H,78,90)(H,79,94)(H,80,95)/t53-,54-,55?,56-,57-,58-,63-/m0/s1. The van der Waals surface area contributed by atoms with Crippen molar-refractivity contribution in [2.24, 2.45) is 23.7 Å². The summed E-state index contributed by atoms with van der Waals surface area (Å²) in [6.45, 7) is 6.37. The highest BCUT2D eigenvalue weighted by Gasteiger charge is 2.51. The van der Waals surface area contributed by atoms with Gasteiger partial charge in [-0.15, -0.1) is 0 Å². The zero-order valence-corrected chi connectivity index (χ0v) is 62.2. The summed E-state index contributed by atoms with van der Waals surface area (Å²) in [5.74, 6) is -8.41. The van der Waals surface area contributed by atoms with E-state index in [1.807, 2.05) is 13.8 Å². The molecule has 1 aromatic carbocycles. The van der Waals surface area contributed by atoms with Crippen LogP contribution in [0.3, 0.4) is 0 Å². The fraction of sp³-hybridized carbons (Fsp3) is 0.753. The molecule has 3 saturated carbocycles. The smallest absolute Gasteiger partial charge is 0.343 e. The summed E-state index contributed by atoms with van der Waals surface area (Å²) in [5, 5.41) is 8.21. The number of rotatable bonds is 11. The zero-order chi connectivity index (χ0) is 74.4. The summed E-state index contributed by atoms with van der Waals surface area (Å²) >= 11 is 6.15. The maximum absolute atomic E-state index is 15.5. The van der Waals surface area contributed by atoms with Crippen molar-refractivity contribution in [3.05, 3.63) is 34.3 Å². The molecule has 0 aromatic heterocycles. The summed E-state index contributed by atoms with van der Waals surface area (Å²) in [6, 6.07) is -5.56. The summed E-state index contributed by atoms with van der Waals surface area (Å²) in [5.41, 5.74) is -2.35. The molecular formula is C73H112ClF3N12O12. The van der Waals surface area contributed by atoms with Crippen LogP contribution in [0.25, 0.3) is 0 Å². The Morgan fingerprint density at radius 1 is 0.574 bits per heavy atom. The Kier molecular flexibility index (Phi) is 29.3. The number of likely N-dealkylation sites (N-methyl/N-ethyl adjacent to an activating group) is 7. The largest absolute Gasteiger partial charge is 0.417 e. The Morgan fingerprint density at radius 3 is 1.73 bits per heavy atom. The van der Waals surface area contributed by atoms with Crippen molar-refractivity contribution in [3.8, 4) is 0 Å². The third-order valence-corrected chi connectivity index (χ3v) is 22.3. The first kappa shape index (κ1) is 81.2. The van der Waals surface area contributed by atoms with Crippen LogP contribution in [-0.2, 0) is 70.1 Å². The molecule has 12 amide bonds. The fourth-order valence-corrected chi connectivity index (χ4v) is 16.3. The van der Waals surface area contributed by atoms with Gasteiger partial charge in [0.1, 0.15) is 47.8 Å². The van der Waals surface area contributed by atoms with E-state index in [1.165, 1.54) is 84.8 Å². The highest BCUT2D eigenvalue weighted by atomic mass is 35.5. The van der Waals surface area contributed by atoms with Gasteiger partial charge in [0.25, 0.3) is 0 Å². The minimum Gasteiger partial charge on any atom is -0.343 e. The number of piperidine rings is 1. The molecule has 7 atom stereocenters. The molecule has 0 radical (unpaired) electrons. The third-order valence-electron chi connectivity index (χ3n) is 22.0. The third kappa shape index (κ3) is 21.1. The van der Waals surface area contributed by atoms with Gasteiger partial charge in [-0.2, -0.15) is 13.2 Å². The monoisotopic (exact) mass is 1440 g/mol. The Hall–Kier alpha value is -7.06. The van der Waals surface area contributed by atoms with Gasteiger partial charge in [-0.05, 0) is 118 Å². The van der Waals surface area contributed by atoms with Crippen LogP contribution in [0.2, 0.25) is 5.02 Å². The SMILES string of the molecule is CC(C)C[C@H]1C(=O)N[C@@H](CC2CCCCC2)C(=O)N(C)CC(=O)N(C)CC(=O)N(C)[C@@H](CC2CCCCC2)C(=O)N(C)CC(=O)N[C@@H](CCc2ccc(C(F)(F)F)c(Cl)c2)C(=O)N2CCCC2C(=O)NC2(CCCC2)C(=O)N(C)[C@@H](C(C)C)C(=O)N(C)[C@H](C(=O)N2CCCCC2)CC(=O)N1C. The van der Waals surface area contributed by atoms with E-state index in [4.69, 9.17) is 11.6 Å². The molecule has 1 unspecified atom stereocenters. The first-order valence-corrected chi connectivity index (χ1v) is 37.2. The van der Waals surface area contributed by atoms with Crippen molar-refractivity contribution in [2.45, 2.75) is 242 Å². The van der Waals surface area contributed by atoms with Crippen molar-refractivity contribution < 1.29 is 70.7 Å². The Labute approximate surface area is 599 Å². The van der Waals surface area contributed by atoms with Crippen LogP contribution in [0, 0.1) is 23.7 Å². The number of fused-ring (bicyclic) bond motifs is 1. The number of carbonyl (C=O) groups is 12. The molecule has 28 heteroatoms. The lowest BCUT2D eigenvalue weighted by molar-refractivity contribution is -0.156. The molecule has 3 aliphatic carbocycles. The maximum atomic E-state index is 15.5. The molecule has 6 fully saturated rings. The number of carbonyl (C=O) groups excluding carboxylic acids is 12. The van der Waals surface area contributed by atoms with E-state index in [9.17, 15) is 41.9 Å². The average Bonchev–Trinajstić information content (AvgIpc) is 1.74. The highest BCUT2D eigenvalue weighted by molar-refractivity contribution is 6.31. The number of hydrogen-bond acceptors (Lipinski definition) is 12. The van der Waals surface area contributed by atoms with Crippen LogP contribution in [-0.4, -0.2) is 251 Å². The number of benzene rings is 1. The number of nitrogens with one attached hydrogen (secondary N) is 3. The molecule has 3 saturated heterocycles. The van der Waals surface area contributed by atoms with Crippen molar-refractivity contribution >= 4 is 82.5 Å². The molecule has 24 nitrogen and oxygen atoms in total. The molecule has 6 aliphatic rings. The van der Waals surface area contributed by atoms with Gasteiger partial charge in [0.2, 0.25) is 70.9 Å². The van der Waals surface area contributed by atoms with Gasteiger partial charge in [-0.3, -0.25) is 57.5 Å². The summed E-state index contributed by atoms with van der Waals surface area (Å²) in [6.07, 6.45) is 7.84. The molecule has 3 aliphatic heterocycles. The molecule has 564 valence electrons. The molecular weight excluding hydrogens is 1330 g/mol. The van der Waals surface area contributed by atoms with Crippen LogP contribution in [0.1, 0.15) is 193 Å². The van der Waals surface area contributed by atoms with Crippen LogP contribution in [0.4, 0.5) is 13.2 Å². The number of aryl methyl sites for hydroxylation is 1. The topological polar surface area (TPSA) is 270 Å². The number of likely N-dealkylation sites (tertiary alicyclic amines) is 1. The van der Waals surface area contributed by atoms with Crippen LogP contribution in [0.5, 0.6) is 0 Å². The maximum Gasteiger partial charge on any atom is 0.417 e. The van der Waals surface area contributed by atoms with Gasteiger partial charge in [-0.1, -0.05) is 122 Å². The molecule has 1 spiro atoms. The van der Waals surface area contributed by atoms with Crippen LogP contribution >= 0.6 is 11.6 Å². The predicted molar refractivity (Wildman–Crippen MR) is 374 cm³/mol. The van der Waals surface area contributed by atoms with E-state index in [0.29, 0.717) is 50.8 Å². The second-order valence-electron chi connectivity index (χ2n) is 30.4. The van der Waals surface area contributed by atoms with Gasteiger partial charge >= 0.3 is 6.18 Å². The van der Waals surface area contributed by atoms with E-state index in [-0.39, 0.29) is 75.7 Å². The second kappa shape index (κ2) is 36.4. The summed E-state index contributed by atoms with van der Waals surface area (Å²) in [4.78, 5) is 190. The average molecular weight is 1440 g/mol. The lowest BCUT2D eigenvalue weighted by atomic mass is 9.84. The van der Waals surface area contributed by atoms with Gasteiger partial charge in [0.15, 0.2) is 0 Å². The van der Waals surface area contributed by atoms with Gasteiger partial charge in [0, 0.05) is 69.0 Å². The van der Waals surface area contributed by atoms with E-state index in [2.05, 4.69) is 16.0 Å². The van der Waals surface area contributed by atoms with Crippen molar-refractivity contribution in [3.63, 3.8) is 0 Å². The number of halogens is 4. The molecule has 0 bridgehead atoms. The second-order valence-corrected chi connectivity index (χ2v) is 30.9. The van der Waals surface area contributed by atoms with Crippen molar-refractivity contribution in [1.29, 1.82) is 0 Å². The molecule has 7 rings (SSSR count). The quantitative estimate of drug-likeness (QED) is 0.217. The van der Waals surface area contributed by atoms with E-state index in [0.717, 1.165) is 92.6 Å². The van der Waals surface area contributed by atoms with E-state index >= 15 is 28.8 Å². The predicted octanol–water partition coefficient (Wildman–Crippen LogP) is 6.42. The molecule has 101 heavy (non-hydrogen) atoms. The van der Waals surface area contributed by atoms with Gasteiger partial charge in [0.05, 0.1) is 36.6 Å². The minimum absolute atomic E-state index is 0.0213. The van der Waals surface area contributed by atoms with Gasteiger partial charge in [-0.25, -0.2) is 0 Å². The van der Waals surface area contributed by atoms with Crippen LogP contribution in [0.15, 0.2) is 18.2 Å². The molecule has 3 heterocycles. The van der Waals surface area contributed by atoms with Crippen molar-refractivity contribution in [2.75, 3.05) is 88.6 Å². The minimum atomic E-state index is -4.76. The Bertz CT molecular complexity index is 3130.